The third-order valence-corrected chi connectivity index (χ3v) is 14.0. The molecule has 2 fully saturated rings. The summed E-state index contributed by atoms with van der Waals surface area (Å²) in [4.78, 5) is 22.2. The normalized spacial score (nSPS) is 16.2. The monoisotopic (exact) mass is 1130 g/mol. The number of benzene rings is 4. The average molecular weight is 1140 g/mol. The van der Waals surface area contributed by atoms with Crippen molar-refractivity contribution in [2.45, 2.75) is 103 Å². The van der Waals surface area contributed by atoms with Gasteiger partial charge in [0.15, 0.2) is 22.9 Å². The van der Waals surface area contributed by atoms with Crippen molar-refractivity contribution in [1.82, 2.24) is 19.6 Å². The number of halogens is 6. The van der Waals surface area contributed by atoms with Gasteiger partial charge in [0.25, 0.3) is 0 Å². The summed E-state index contributed by atoms with van der Waals surface area (Å²) in [6.45, 7) is 8.08. The third-order valence-electron chi connectivity index (χ3n) is 12.6. The van der Waals surface area contributed by atoms with E-state index in [1.807, 2.05) is 72.8 Å². The molecule has 396 valence electrons. The molecule has 4 aromatic carbocycles. The number of hydrogen-bond acceptors (Lipinski definition) is 12. The number of hydrogen-bond donors (Lipinski definition) is 0. The van der Waals surface area contributed by atoms with Crippen LogP contribution in [0, 0.1) is 20.2 Å². The first-order valence-corrected chi connectivity index (χ1v) is 26.6. The summed E-state index contributed by atoms with van der Waals surface area (Å²) < 4.78 is 37.2. The Morgan fingerprint density at radius 3 is 1.49 bits per heavy atom. The number of nitrogens with zero attached hydrogens (tertiary/aromatic N) is 6. The molecule has 0 radical (unpaired) electrons. The van der Waals surface area contributed by atoms with Crippen LogP contribution in [-0.4, -0.2) is 67.6 Å². The summed E-state index contributed by atoms with van der Waals surface area (Å²) >= 11 is 37.0. The summed E-state index contributed by atoms with van der Waals surface area (Å²) in [5, 5.41) is 33.6. The first-order chi connectivity index (χ1) is 35.6. The largest absolute Gasteiger partial charge is 0.489 e. The second kappa shape index (κ2) is 26.6. The van der Waals surface area contributed by atoms with Crippen LogP contribution in [0.3, 0.4) is 0 Å². The molecule has 2 saturated heterocycles. The van der Waals surface area contributed by atoms with Crippen molar-refractivity contribution >= 4 is 81.0 Å². The topological polar surface area (TPSA) is 177 Å². The molecule has 6 aromatic rings. The maximum Gasteiger partial charge on any atom is 0.313 e. The van der Waals surface area contributed by atoms with E-state index in [0.717, 1.165) is 67.2 Å². The molecular weight excluding hydrogens is 1080 g/mol. The zero-order valence-corrected chi connectivity index (χ0v) is 45.5. The fourth-order valence-electron chi connectivity index (χ4n) is 8.52. The lowest BCUT2D eigenvalue weighted by atomic mass is 9.78. The van der Waals surface area contributed by atoms with E-state index in [0.29, 0.717) is 81.3 Å². The van der Waals surface area contributed by atoms with Gasteiger partial charge in [0.1, 0.15) is 62.8 Å². The third kappa shape index (κ3) is 14.7. The Labute approximate surface area is 459 Å². The highest BCUT2D eigenvalue weighted by molar-refractivity contribution is 6.38. The Kier molecular flexibility index (Phi) is 20.4. The van der Waals surface area contributed by atoms with Crippen molar-refractivity contribution in [3.05, 3.63) is 159 Å². The van der Waals surface area contributed by atoms with E-state index >= 15 is 0 Å². The van der Waals surface area contributed by atoms with Crippen molar-refractivity contribution in [2.24, 2.45) is 0 Å². The molecule has 0 amide bonds. The van der Waals surface area contributed by atoms with Gasteiger partial charge in [0, 0.05) is 18.6 Å². The minimum Gasteiger partial charge on any atom is -0.489 e. The standard InChI is InChI=1S/2C26H28Cl3N3O5/c1-26(2,18-13-20(28)25(21(29)14-18)36-12-10-27)17-6-8-19(9-7-17)37-16-22-23(32(33)34)15-31(30-22)24-5-3-4-11-35-24;1-17(12-18-13-21(28)26(22(29)14-18)36-11-9-27)19-5-7-20(8-6-19)37-16-23-24(32(33)34)15-31(30-23)25-4-2-3-10-35-25/h6-9,13-15,24H,3-5,10-12,16H2,1-2H3;5-8,13-15,17,25H,2-4,9-12,16H2,1H3. The smallest absolute Gasteiger partial charge is 0.313 e. The summed E-state index contributed by atoms with van der Waals surface area (Å²) in [7, 11) is 0. The van der Waals surface area contributed by atoms with Crippen molar-refractivity contribution < 1.29 is 38.3 Å². The fraction of sp³-hybridized carbons (Fsp3) is 0.423. The molecule has 8 rings (SSSR count). The van der Waals surface area contributed by atoms with Crippen molar-refractivity contribution in [1.29, 1.82) is 0 Å². The van der Waals surface area contributed by atoms with Gasteiger partial charge in [-0.1, -0.05) is 91.4 Å². The van der Waals surface area contributed by atoms with E-state index in [-0.39, 0.29) is 54.4 Å². The minimum atomic E-state index is -0.446. The molecule has 0 N–H and O–H groups in total. The highest BCUT2D eigenvalue weighted by Crippen LogP contribution is 2.41. The molecule has 4 heterocycles. The Morgan fingerprint density at radius 2 is 1.08 bits per heavy atom. The maximum atomic E-state index is 11.6. The number of aromatic nitrogens is 4. The molecule has 0 saturated carbocycles. The predicted molar refractivity (Wildman–Crippen MR) is 287 cm³/mol. The van der Waals surface area contributed by atoms with E-state index < -0.39 is 15.3 Å². The van der Waals surface area contributed by atoms with E-state index in [4.69, 9.17) is 98.0 Å². The molecule has 0 spiro atoms. The van der Waals surface area contributed by atoms with Crippen LogP contribution in [0.15, 0.2) is 85.2 Å². The number of nitro groups is 2. The van der Waals surface area contributed by atoms with Crippen molar-refractivity contribution in [2.75, 3.05) is 38.2 Å². The summed E-state index contributed by atoms with van der Waals surface area (Å²) in [5.74, 6) is 2.89. The average Bonchev–Trinajstić information content (AvgIpc) is 4.04. The van der Waals surface area contributed by atoms with Crippen LogP contribution in [0.25, 0.3) is 0 Å². The van der Waals surface area contributed by atoms with Crippen LogP contribution in [0.4, 0.5) is 11.4 Å². The summed E-state index contributed by atoms with van der Waals surface area (Å²) in [6, 6.07) is 22.6. The van der Waals surface area contributed by atoms with Gasteiger partial charge in [-0.05, 0) is 122 Å². The molecule has 2 aliphatic heterocycles. The summed E-state index contributed by atoms with van der Waals surface area (Å²) in [6.07, 6.45) is 8.53. The Balaban J connectivity index is 0.000000216. The number of alkyl halides is 2. The van der Waals surface area contributed by atoms with Crippen LogP contribution in [-0.2, 0) is 34.5 Å². The zero-order valence-electron chi connectivity index (χ0n) is 41.0. The van der Waals surface area contributed by atoms with Gasteiger partial charge in [-0.3, -0.25) is 20.2 Å². The maximum absolute atomic E-state index is 11.6. The lowest BCUT2D eigenvalue weighted by Gasteiger charge is -2.27. The van der Waals surface area contributed by atoms with E-state index in [2.05, 4.69) is 31.0 Å². The van der Waals surface area contributed by atoms with Crippen LogP contribution in [0.2, 0.25) is 20.1 Å². The van der Waals surface area contributed by atoms with Gasteiger partial charge in [-0.25, -0.2) is 9.36 Å². The lowest BCUT2D eigenvalue weighted by molar-refractivity contribution is -0.386. The number of rotatable bonds is 21. The quantitative estimate of drug-likeness (QED) is 0.0379. The van der Waals surface area contributed by atoms with Gasteiger partial charge in [0.2, 0.25) is 0 Å². The van der Waals surface area contributed by atoms with E-state index in [9.17, 15) is 20.2 Å². The Morgan fingerprint density at radius 1 is 0.649 bits per heavy atom. The van der Waals surface area contributed by atoms with Crippen LogP contribution in [0.1, 0.15) is 111 Å². The Hall–Kier alpha value is -5.04. The lowest BCUT2D eigenvalue weighted by Crippen LogP contribution is -2.19. The Bertz CT molecular complexity index is 2790. The molecule has 3 unspecified atom stereocenters. The SMILES string of the molecule is CC(C)(c1ccc(OCc2nn(C3CCCCO3)cc2[N+](=O)[O-])cc1)c1cc(Cl)c(OCCCl)c(Cl)c1.CC(Cc1cc(Cl)c(OCCCl)c(Cl)c1)c1ccc(OCc2nn(C3CCCCO3)cc2[N+](=O)[O-])cc1. The molecule has 0 bridgehead atoms. The number of ether oxygens (including phenoxy) is 6. The van der Waals surface area contributed by atoms with Crippen molar-refractivity contribution in [3.8, 4) is 23.0 Å². The molecular formula is C52H56Cl6N6O10. The first kappa shape index (κ1) is 56.7. The van der Waals surface area contributed by atoms with Crippen LogP contribution >= 0.6 is 69.6 Å². The highest BCUT2D eigenvalue weighted by atomic mass is 35.5. The van der Waals surface area contributed by atoms with E-state index in [1.165, 1.54) is 21.8 Å². The van der Waals surface area contributed by atoms with Crippen LogP contribution < -0.4 is 18.9 Å². The molecule has 0 aliphatic carbocycles. The van der Waals surface area contributed by atoms with Gasteiger partial charge in [-0.2, -0.15) is 10.2 Å². The molecule has 3 atom stereocenters. The molecule has 16 nitrogen and oxygen atoms in total. The van der Waals surface area contributed by atoms with Gasteiger partial charge >= 0.3 is 11.4 Å². The van der Waals surface area contributed by atoms with Crippen molar-refractivity contribution in [3.63, 3.8) is 0 Å². The van der Waals surface area contributed by atoms with E-state index in [1.54, 1.807) is 0 Å². The molecule has 2 aliphatic rings. The molecule has 2 aromatic heterocycles. The zero-order chi connectivity index (χ0) is 52.9. The second-order valence-corrected chi connectivity index (χ2v) is 20.6. The fourth-order valence-corrected chi connectivity index (χ4v) is 9.91. The summed E-state index contributed by atoms with van der Waals surface area (Å²) in [5.41, 5.74) is 3.96. The van der Waals surface area contributed by atoms with Gasteiger partial charge in [-0.15, -0.1) is 23.2 Å². The van der Waals surface area contributed by atoms with Gasteiger partial charge in [0.05, 0.1) is 41.7 Å². The van der Waals surface area contributed by atoms with Gasteiger partial charge < -0.3 is 28.4 Å². The van der Waals surface area contributed by atoms with Crippen LogP contribution in [0.5, 0.6) is 23.0 Å². The second-order valence-electron chi connectivity index (χ2n) is 18.2. The predicted octanol–water partition coefficient (Wildman–Crippen LogP) is 14.7. The minimum absolute atomic E-state index is 0.0138. The highest BCUT2D eigenvalue weighted by Gasteiger charge is 2.29. The molecule has 74 heavy (non-hydrogen) atoms. The first-order valence-electron chi connectivity index (χ1n) is 24.0. The molecule has 22 heteroatoms.